The van der Waals surface area contributed by atoms with E-state index >= 15 is 0 Å². The molecule has 0 amide bonds. The zero-order valence-corrected chi connectivity index (χ0v) is 14.8. The smallest absolute Gasteiger partial charge is 0.185 e. The minimum Gasteiger partial charge on any atom is -0.369 e. The van der Waals surface area contributed by atoms with Crippen LogP contribution in [0.5, 0.6) is 0 Å². The van der Waals surface area contributed by atoms with E-state index in [0.717, 1.165) is 49.8 Å². The molecule has 5 heterocycles. The van der Waals surface area contributed by atoms with Gasteiger partial charge in [-0.2, -0.15) is 0 Å². The van der Waals surface area contributed by atoms with Crippen LogP contribution in [0.25, 0.3) is 10.6 Å². The van der Waals surface area contributed by atoms with Crippen molar-refractivity contribution in [2.24, 2.45) is 0 Å². The molecule has 0 atom stereocenters. The van der Waals surface area contributed by atoms with Crippen molar-refractivity contribution in [1.29, 1.82) is 0 Å². The van der Waals surface area contributed by atoms with Gasteiger partial charge in [0.05, 0.1) is 29.7 Å². The second-order valence-corrected chi connectivity index (χ2v) is 8.25. The number of aromatic amines is 1. The summed E-state index contributed by atoms with van der Waals surface area (Å²) >= 11 is 3.59. The first-order valence-electron chi connectivity index (χ1n) is 8.24. The lowest BCUT2D eigenvalue weighted by molar-refractivity contribution is -0.0735. The number of hydrogen-bond acceptors (Lipinski definition) is 6. The molecule has 5 rings (SSSR count). The summed E-state index contributed by atoms with van der Waals surface area (Å²) in [6, 6.07) is 2.32. The molecule has 2 aliphatic rings. The number of fused-ring (bicyclic) bond motifs is 2. The van der Waals surface area contributed by atoms with Crippen LogP contribution in [-0.2, 0) is 16.8 Å². The van der Waals surface area contributed by atoms with Crippen LogP contribution in [0.3, 0.4) is 0 Å². The number of rotatable bonds is 2. The van der Waals surface area contributed by atoms with E-state index in [1.807, 2.05) is 29.1 Å². The molecular formula is C17H18N4OS2. The van der Waals surface area contributed by atoms with Crippen molar-refractivity contribution in [2.45, 2.75) is 24.9 Å². The number of nitrogens with zero attached hydrogens (tertiary/aromatic N) is 3. The lowest BCUT2D eigenvalue weighted by Crippen LogP contribution is -2.46. The van der Waals surface area contributed by atoms with Crippen LogP contribution in [-0.4, -0.2) is 34.6 Å². The molecule has 24 heavy (non-hydrogen) atoms. The maximum absolute atomic E-state index is 6.37. The first-order chi connectivity index (χ1) is 11.8. The minimum absolute atomic E-state index is 0.107. The topological polar surface area (TPSA) is 54.0 Å². The summed E-state index contributed by atoms with van der Waals surface area (Å²) in [6.07, 6.45) is 8.60. The SMILES string of the molecule is c1csc(N2CCC3(CC2)OCCc2cc(-c4cnc[nH]4)sc23)n1. The molecule has 1 saturated heterocycles. The average Bonchev–Trinajstić information content (AvgIpc) is 3.36. The molecule has 3 aromatic rings. The van der Waals surface area contributed by atoms with E-state index in [2.05, 4.69) is 25.9 Å². The molecular weight excluding hydrogens is 340 g/mol. The number of thiazole rings is 1. The molecule has 0 aliphatic carbocycles. The van der Waals surface area contributed by atoms with Gasteiger partial charge in [0.2, 0.25) is 0 Å². The molecule has 7 heteroatoms. The Morgan fingerprint density at radius 2 is 2.21 bits per heavy atom. The van der Waals surface area contributed by atoms with Gasteiger partial charge in [-0.05, 0) is 30.9 Å². The van der Waals surface area contributed by atoms with Crippen molar-refractivity contribution in [3.8, 4) is 10.6 Å². The second-order valence-electron chi connectivity index (χ2n) is 6.32. The summed E-state index contributed by atoms with van der Waals surface area (Å²) in [5.41, 5.74) is 2.45. The highest BCUT2D eigenvalue weighted by Crippen LogP contribution is 2.47. The van der Waals surface area contributed by atoms with E-state index < -0.39 is 0 Å². The summed E-state index contributed by atoms with van der Waals surface area (Å²) in [4.78, 5) is 16.9. The van der Waals surface area contributed by atoms with Crippen molar-refractivity contribution in [3.63, 3.8) is 0 Å². The summed E-state index contributed by atoms with van der Waals surface area (Å²) < 4.78 is 6.37. The molecule has 1 spiro atoms. The molecule has 0 unspecified atom stereocenters. The van der Waals surface area contributed by atoms with Crippen LogP contribution in [0.1, 0.15) is 23.3 Å². The molecule has 124 valence electrons. The van der Waals surface area contributed by atoms with E-state index in [4.69, 9.17) is 4.74 Å². The lowest BCUT2D eigenvalue weighted by Gasteiger charge is -2.43. The largest absolute Gasteiger partial charge is 0.369 e. The number of H-pyrrole nitrogens is 1. The fourth-order valence-corrected chi connectivity index (χ4v) is 5.83. The Balaban J connectivity index is 1.44. The normalized spacial score (nSPS) is 19.6. The van der Waals surface area contributed by atoms with Gasteiger partial charge in [0.15, 0.2) is 5.13 Å². The third kappa shape index (κ3) is 2.30. The van der Waals surface area contributed by atoms with E-state index in [1.165, 1.54) is 15.3 Å². The third-order valence-corrected chi connectivity index (χ3v) is 7.23. The summed E-state index contributed by atoms with van der Waals surface area (Å²) in [5, 5.41) is 3.18. The molecule has 1 fully saturated rings. The van der Waals surface area contributed by atoms with Crippen LogP contribution < -0.4 is 4.90 Å². The first kappa shape index (κ1) is 14.6. The molecule has 2 aliphatic heterocycles. The van der Waals surface area contributed by atoms with Crippen LogP contribution in [0.2, 0.25) is 0 Å². The maximum atomic E-state index is 6.37. The highest BCUT2D eigenvalue weighted by Gasteiger charge is 2.42. The Bertz CT molecular complexity index is 817. The van der Waals surface area contributed by atoms with Crippen molar-refractivity contribution < 1.29 is 4.74 Å². The summed E-state index contributed by atoms with van der Waals surface area (Å²) in [5.74, 6) is 0. The monoisotopic (exact) mass is 358 g/mol. The Morgan fingerprint density at radius 3 is 2.96 bits per heavy atom. The van der Waals surface area contributed by atoms with Crippen molar-refractivity contribution in [2.75, 3.05) is 24.6 Å². The number of imidazole rings is 1. The van der Waals surface area contributed by atoms with Gasteiger partial charge >= 0.3 is 0 Å². The van der Waals surface area contributed by atoms with E-state index in [0.29, 0.717) is 0 Å². The molecule has 0 aromatic carbocycles. The highest BCUT2D eigenvalue weighted by atomic mass is 32.1. The third-order valence-electron chi connectivity index (χ3n) is 5.00. The number of piperidine rings is 1. The van der Waals surface area contributed by atoms with Gasteiger partial charge in [-0.15, -0.1) is 22.7 Å². The number of anilines is 1. The number of thiophene rings is 1. The summed E-state index contributed by atoms with van der Waals surface area (Å²) in [7, 11) is 0. The first-order valence-corrected chi connectivity index (χ1v) is 9.94. The van der Waals surface area contributed by atoms with Crippen LogP contribution in [0.15, 0.2) is 30.2 Å². The Labute approximate surface area is 148 Å². The van der Waals surface area contributed by atoms with Crippen LogP contribution in [0.4, 0.5) is 5.13 Å². The standard InChI is InChI=1S/C17H18N4OS2/c1-7-22-17(2-5-21(6-3-17)16-19-4-8-23-16)15-12(1)9-14(24-15)13-10-18-11-20-13/h4,8-11H,1-3,5-7H2,(H,18,20). The van der Waals surface area contributed by atoms with E-state index in [9.17, 15) is 0 Å². The Hall–Kier alpha value is -1.70. The summed E-state index contributed by atoms with van der Waals surface area (Å²) in [6.45, 7) is 2.83. The van der Waals surface area contributed by atoms with Gasteiger partial charge in [0, 0.05) is 29.5 Å². The number of aromatic nitrogens is 3. The number of ether oxygens (including phenoxy) is 1. The van der Waals surface area contributed by atoms with Gasteiger partial charge < -0.3 is 14.6 Å². The molecule has 0 saturated carbocycles. The Morgan fingerprint density at radius 1 is 1.29 bits per heavy atom. The quantitative estimate of drug-likeness (QED) is 0.759. The van der Waals surface area contributed by atoms with E-state index in [-0.39, 0.29) is 5.60 Å². The number of nitrogens with one attached hydrogen (secondary N) is 1. The number of hydrogen-bond donors (Lipinski definition) is 1. The predicted octanol–water partition coefficient (Wildman–Crippen LogP) is 3.66. The van der Waals surface area contributed by atoms with Gasteiger partial charge in [-0.3, -0.25) is 0 Å². The van der Waals surface area contributed by atoms with Crippen molar-refractivity contribution in [3.05, 3.63) is 40.6 Å². The highest BCUT2D eigenvalue weighted by molar-refractivity contribution is 7.15. The molecule has 5 nitrogen and oxygen atoms in total. The maximum Gasteiger partial charge on any atom is 0.185 e. The molecule has 0 radical (unpaired) electrons. The zero-order valence-electron chi connectivity index (χ0n) is 13.2. The lowest BCUT2D eigenvalue weighted by atomic mass is 9.85. The van der Waals surface area contributed by atoms with Gasteiger partial charge in [0.25, 0.3) is 0 Å². The fourth-order valence-electron chi connectivity index (χ4n) is 3.75. The fraction of sp³-hybridized carbons (Fsp3) is 0.412. The van der Waals surface area contributed by atoms with E-state index in [1.54, 1.807) is 17.7 Å². The predicted molar refractivity (Wildman–Crippen MR) is 96.8 cm³/mol. The van der Waals surface area contributed by atoms with Crippen LogP contribution >= 0.6 is 22.7 Å². The van der Waals surface area contributed by atoms with Crippen molar-refractivity contribution >= 4 is 27.8 Å². The van der Waals surface area contributed by atoms with Gasteiger partial charge in [-0.1, -0.05) is 0 Å². The van der Waals surface area contributed by atoms with Crippen LogP contribution in [0, 0.1) is 0 Å². The Kier molecular flexibility index (Phi) is 3.46. The van der Waals surface area contributed by atoms with Gasteiger partial charge in [-0.25, -0.2) is 9.97 Å². The van der Waals surface area contributed by atoms with Crippen molar-refractivity contribution in [1.82, 2.24) is 15.0 Å². The average molecular weight is 358 g/mol. The molecule has 1 N–H and O–H groups in total. The minimum atomic E-state index is -0.107. The molecule has 3 aromatic heterocycles. The second kappa shape index (κ2) is 5.68. The van der Waals surface area contributed by atoms with Gasteiger partial charge in [0.1, 0.15) is 5.60 Å². The zero-order chi connectivity index (χ0) is 16.0. The molecule has 0 bridgehead atoms.